The second kappa shape index (κ2) is 4.18. The fourth-order valence-corrected chi connectivity index (χ4v) is 1.34. The van der Waals surface area contributed by atoms with E-state index in [0.717, 1.165) is 5.69 Å². The molecule has 2 heterocycles. The number of nitrogens with zero attached hydrogens (tertiary/aromatic N) is 4. The fraction of sp³-hybridized carbons (Fsp3) is 0.300. The smallest absolute Gasteiger partial charge is 0.242 e. The topological polar surface area (TPSA) is 78.9 Å². The fourth-order valence-electron chi connectivity index (χ4n) is 1.34. The highest BCUT2D eigenvalue weighted by Crippen LogP contribution is 2.22. The van der Waals surface area contributed by atoms with Gasteiger partial charge in [0.2, 0.25) is 5.88 Å². The average Bonchev–Trinajstić information content (AvgIpc) is 2.68. The molecular formula is C10H13N5O. The number of rotatable bonds is 3. The number of aromatic nitrogens is 4. The van der Waals surface area contributed by atoms with Gasteiger partial charge in [-0.1, -0.05) is 0 Å². The molecule has 2 aromatic heterocycles. The van der Waals surface area contributed by atoms with Crippen molar-refractivity contribution < 1.29 is 4.74 Å². The van der Waals surface area contributed by atoms with E-state index in [9.17, 15) is 0 Å². The summed E-state index contributed by atoms with van der Waals surface area (Å²) in [6.45, 7) is 4.29. The van der Waals surface area contributed by atoms with Gasteiger partial charge < -0.3 is 10.5 Å². The molecular weight excluding hydrogens is 206 g/mol. The van der Waals surface area contributed by atoms with Crippen molar-refractivity contribution >= 4 is 5.69 Å². The van der Waals surface area contributed by atoms with Gasteiger partial charge in [-0.3, -0.25) is 0 Å². The summed E-state index contributed by atoms with van der Waals surface area (Å²) < 4.78 is 6.89. The molecule has 0 unspecified atom stereocenters. The molecule has 2 N–H and O–H groups in total. The normalized spacial score (nSPS) is 10.4. The lowest BCUT2D eigenvalue weighted by Crippen LogP contribution is -2.07. The molecule has 2 rings (SSSR count). The zero-order valence-corrected chi connectivity index (χ0v) is 9.21. The van der Waals surface area contributed by atoms with Crippen LogP contribution in [0.3, 0.4) is 0 Å². The van der Waals surface area contributed by atoms with Crippen LogP contribution in [0.5, 0.6) is 5.88 Å². The van der Waals surface area contributed by atoms with Crippen LogP contribution in [0.4, 0.5) is 5.69 Å². The Labute approximate surface area is 93.1 Å². The van der Waals surface area contributed by atoms with Crippen molar-refractivity contribution in [1.82, 2.24) is 19.7 Å². The lowest BCUT2D eigenvalue weighted by Gasteiger charge is -2.08. The van der Waals surface area contributed by atoms with Gasteiger partial charge in [0.05, 0.1) is 12.3 Å². The summed E-state index contributed by atoms with van der Waals surface area (Å²) in [5.74, 6) is 0.923. The van der Waals surface area contributed by atoms with Gasteiger partial charge in [-0.05, 0) is 19.9 Å². The van der Waals surface area contributed by atoms with Crippen LogP contribution >= 0.6 is 0 Å². The summed E-state index contributed by atoms with van der Waals surface area (Å²) in [6, 6.07) is 1.88. The van der Waals surface area contributed by atoms with E-state index in [2.05, 4.69) is 15.1 Å². The Bertz CT molecular complexity index is 494. The summed E-state index contributed by atoms with van der Waals surface area (Å²) in [6.07, 6.45) is 3.21. The molecule has 0 radical (unpaired) electrons. The first-order valence-corrected chi connectivity index (χ1v) is 4.98. The number of anilines is 1. The van der Waals surface area contributed by atoms with Crippen LogP contribution in [0, 0.1) is 6.92 Å². The van der Waals surface area contributed by atoms with Gasteiger partial charge in [-0.25, -0.2) is 9.67 Å². The Morgan fingerprint density at radius 1 is 1.44 bits per heavy atom. The number of aryl methyl sites for hydroxylation is 1. The number of nitrogen functional groups attached to an aromatic ring is 1. The molecule has 0 aliphatic heterocycles. The Balaban J connectivity index is 2.45. The predicted molar refractivity (Wildman–Crippen MR) is 59.5 cm³/mol. The number of ether oxygens (including phenoxy) is 1. The van der Waals surface area contributed by atoms with Crippen molar-refractivity contribution in [2.75, 3.05) is 12.3 Å². The predicted octanol–water partition coefficient (Wildman–Crippen LogP) is 0.952. The quantitative estimate of drug-likeness (QED) is 0.831. The first kappa shape index (κ1) is 10.4. The molecule has 0 aromatic carbocycles. The van der Waals surface area contributed by atoms with Crippen LogP contribution in [0.2, 0.25) is 0 Å². The maximum Gasteiger partial charge on any atom is 0.242 e. The van der Waals surface area contributed by atoms with Gasteiger partial charge >= 0.3 is 0 Å². The van der Waals surface area contributed by atoms with Crippen molar-refractivity contribution in [1.29, 1.82) is 0 Å². The molecule has 0 aliphatic rings. The second-order valence-corrected chi connectivity index (χ2v) is 3.25. The molecule has 0 atom stereocenters. The molecule has 16 heavy (non-hydrogen) atoms. The summed E-state index contributed by atoms with van der Waals surface area (Å²) >= 11 is 0. The standard InChI is InChI=1S/C10H13N5O/c1-3-16-10-8(11)9(12-6-13-10)15-5-4-7(2)14-15/h4-6H,3,11H2,1-2H3. The van der Waals surface area contributed by atoms with E-state index in [1.165, 1.54) is 6.33 Å². The third-order valence-electron chi connectivity index (χ3n) is 2.05. The van der Waals surface area contributed by atoms with Gasteiger partial charge in [0.1, 0.15) is 12.0 Å². The van der Waals surface area contributed by atoms with Gasteiger partial charge in [0.25, 0.3) is 0 Å². The molecule has 0 saturated heterocycles. The Hall–Kier alpha value is -2.11. The maximum absolute atomic E-state index is 5.90. The highest BCUT2D eigenvalue weighted by Gasteiger charge is 2.10. The van der Waals surface area contributed by atoms with E-state index >= 15 is 0 Å². The molecule has 0 spiro atoms. The van der Waals surface area contributed by atoms with Gasteiger partial charge in [0, 0.05) is 6.20 Å². The minimum atomic E-state index is 0.389. The Kier molecular flexibility index (Phi) is 2.72. The van der Waals surface area contributed by atoms with Gasteiger partial charge in [-0.15, -0.1) is 0 Å². The molecule has 0 bridgehead atoms. The van der Waals surface area contributed by atoms with Crippen molar-refractivity contribution in [2.45, 2.75) is 13.8 Å². The van der Waals surface area contributed by atoms with Crippen LogP contribution < -0.4 is 10.5 Å². The second-order valence-electron chi connectivity index (χ2n) is 3.25. The highest BCUT2D eigenvalue weighted by molar-refractivity contribution is 5.59. The third kappa shape index (κ3) is 1.81. The van der Waals surface area contributed by atoms with Gasteiger partial charge in [0.15, 0.2) is 5.82 Å². The lowest BCUT2D eigenvalue weighted by atomic mass is 10.4. The number of hydrogen-bond donors (Lipinski definition) is 1. The van der Waals surface area contributed by atoms with Crippen molar-refractivity contribution in [3.8, 4) is 11.7 Å². The van der Waals surface area contributed by atoms with Gasteiger partial charge in [-0.2, -0.15) is 10.1 Å². The maximum atomic E-state index is 5.90. The van der Waals surface area contributed by atoms with E-state index in [1.807, 2.05) is 19.9 Å². The zero-order valence-electron chi connectivity index (χ0n) is 9.21. The lowest BCUT2D eigenvalue weighted by molar-refractivity contribution is 0.328. The molecule has 6 nitrogen and oxygen atoms in total. The molecule has 0 amide bonds. The van der Waals surface area contributed by atoms with E-state index < -0.39 is 0 Å². The molecule has 6 heteroatoms. The van der Waals surface area contributed by atoms with Crippen LogP contribution in [-0.4, -0.2) is 26.4 Å². The average molecular weight is 219 g/mol. The van der Waals surface area contributed by atoms with E-state index in [1.54, 1.807) is 10.9 Å². The van der Waals surface area contributed by atoms with Crippen LogP contribution in [0.1, 0.15) is 12.6 Å². The first-order chi connectivity index (χ1) is 7.72. The monoisotopic (exact) mass is 219 g/mol. The third-order valence-corrected chi connectivity index (χ3v) is 2.05. The summed E-state index contributed by atoms with van der Waals surface area (Å²) in [5.41, 5.74) is 7.19. The van der Waals surface area contributed by atoms with Crippen molar-refractivity contribution in [3.63, 3.8) is 0 Å². The zero-order chi connectivity index (χ0) is 11.5. The minimum Gasteiger partial charge on any atom is -0.476 e. The SMILES string of the molecule is CCOc1ncnc(-n2ccc(C)n2)c1N. The molecule has 2 aromatic rings. The molecule has 0 aliphatic carbocycles. The van der Waals surface area contributed by atoms with E-state index in [-0.39, 0.29) is 0 Å². The largest absolute Gasteiger partial charge is 0.476 e. The molecule has 0 saturated carbocycles. The van der Waals surface area contributed by atoms with Crippen LogP contribution in [0.25, 0.3) is 5.82 Å². The van der Waals surface area contributed by atoms with Crippen molar-refractivity contribution in [2.24, 2.45) is 0 Å². The summed E-state index contributed by atoms with van der Waals surface area (Å²) in [5, 5.41) is 4.23. The van der Waals surface area contributed by atoms with Crippen LogP contribution in [0.15, 0.2) is 18.6 Å². The Morgan fingerprint density at radius 2 is 2.25 bits per heavy atom. The summed E-state index contributed by atoms with van der Waals surface area (Å²) in [4.78, 5) is 8.05. The minimum absolute atomic E-state index is 0.389. The number of hydrogen-bond acceptors (Lipinski definition) is 5. The Morgan fingerprint density at radius 3 is 2.88 bits per heavy atom. The molecule has 84 valence electrons. The van der Waals surface area contributed by atoms with E-state index in [4.69, 9.17) is 10.5 Å². The van der Waals surface area contributed by atoms with Crippen molar-refractivity contribution in [3.05, 3.63) is 24.3 Å². The first-order valence-electron chi connectivity index (χ1n) is 4.98. The molecule has 0 fully saturated rings. The van der Waals surface area contributed by atoms with Crippen LogP contribution in [-0.2, 0) is 0 Å². The summed E-state index contributed by atoms with van der Waals surface area (Å²) in [7, 11) is 0. The highest BCUT2D eigenvalue weighted by atomic mass is 16.5. The van der Waals surface area contributed by atoms with E-state index in [0.29, 0.717) is 24.0 Å². The number of nitrogens with two attached hydrogens (primary N) is 1.